The van der Waals surface area contributed by atoms with Crippen LogP contribution in [0.2, 0.25) is 10.0 Å². The molecule has 0 aliphatic carbocycles. The normalized spacial score (nSPS) is 16.8. The Morgan fingerprint density at radius 3 is 3.10 bits per heavy atom. The standard InChI is InChI=1S/C18H18Cl2N6O2S/c19-13-4-3-12(15(20)8-13)9-22-18(29)25-6-7-27-14(10-25)11-28-26-17-16(23-24-26)2-1-5-21-17/h1-5,8,14H,6-7,9-11H2,(H,22,29). The van der Waals surface area contributed by atoms with Gasteiger partial charge in [0, 0.05) is 35.9 Å². The number of nitrogens with zero attached hydrogens (tertiary/aromatic N) is 5. The second kappa shape index (κ2) is 9.08. The molecule has 0 bridgehead atoms. The first-order valence-electron chi connectivity index (χ1n) is 8.98. The number of nitrogens with one attached hydrogen (secondary N) is 1. The van der Waals surface area contributed by atoms with Crippen LogP contribution in [0.3, 0.4) is 0 Å². The number of benzene rings is 1. The lowest BCUT2D eigenvalue weighted by Gasteiger charge is -2.34. The van der Waals surface area contributed by atoms with E-state index in [1.807, 2.05) is 17.0 Å². The molecule has 1 N–H and O–H groups in total. The minimum atomic E-state index is -0.161. The Bertz CT molecular complexity index is 1020. The number of pyridine rings is 1. The van der Waals surface area contributed by atoms with Gasteiger partial charge in [0.25, 0.3) is 0 Å². The maximum atomic E-state index is 6.22. The molecule has 11 heteroatoms. The summed E-state index contributed by atoms with van der Waals surface area (Å²) in [7, 11) is 0. The summed E-state index contributed by atoms with van der Waals surface area (Å²) >= 11 is 17.7. The van der Waals surface area contributed by atoms with E-state index >= 15 is 0 Å². The Morgan fingerprint density at radius 2 is 2.24 bits per heavy atom. The molecule has 4 rings (SSSR count). The van der Waals surface area contributed by atoms with Crippen molar-refractivity contribution in [1.29, 1.82) is 0 Å². The van der Waals surface area contributed by atoms with E-state index < -0.39 is 0 Å². The average Bonchev–Trinajstić information content (AvgIpc) is 3.15. The summed E-state index contributed by atoms with van der Waals surface area (Å²) in [5, 5.41) is 13.1. The van der Waals surface area contributed by atoms with Gasteiger partial charge in [-0.3, -0.25) is 0 Å². The number of morpholine rings is 1. The zero-order valence-electron chi connectivity index (χ0n) is 15.3. The van der Waals surface area contributed by atoms with Gasteiger partial charge in [-0.1, -0.05) is 34.1 Å². The van der Waals surface area contributed by atoms with Crippen LogP contribution in [0, 0.1) is 0 Å². The van der Waals surface area contributed by atoms with Crippen molar-refractivity contribution in [2.45, 2.75) is 12.6 Å². The van der Waals surface area contributed by atoms with Crippen LogP contribution in [0.15, 0.2) is 36.5 Å². The van der Waals surface area contributed by atoms with Crippen molar-refractivity contribution in [3.05, 3.63) is 52.1 Å². The van der Waals surface area contributed by atoms with Gasteiger partial charge in [0.1, 0.15) is 18.2 Å². The van der Waals surface area contributed by atoms with Crippen molar-refractivity contribution in [3.8, 4) is 0 Å². The molecule has 1 fully saturated rings. The summed E-state index contributed by atoms with van der Waals surface area (Å²) in [6.45, 7) is 2.67. The minimum Gasteiger partial charge on any atom is -0.391 e. The number of hydrogen-bond donors (Lipinski definition) is 1. The molecular formula is C18H18Cl2N6O2S. The average molecular weight is 453 g/mol. The minimum absolute atomic E-state index is 0.161. The number of hydrogen-bond acceptors (Lipinski definition) is 6. The highest BCUT2D eigenvalue weighted by Gasteiger charge is 2.23. The molecule has 0 spiro atoms. The molecule has 2 aromatic heterocycles. The quantitative estimate of drug-likeness (QED) is 0.590. The molecule has 29 heavy (non-hydrogen) atoms. The first-order chi connectivity index (χ1) is 14.1. The first-order valence-corrected chi connectivity index (χ1v) is 10.1. The van der Waals surface area contributed by atoms with Gasteiger partial charge in [0.15, 0.2) is 5.11 Å². The highest BCUT2D eigenvalue weighted by atomic mass is 35.5. The van der Waals surface area contributed by atoms with Crippen LogP contribution in [0.5, 0.6) is 0 Å². The number of aromatic nitrogens is 4. The first kappa shape index (κ1) is 20.1. The van der Waals surface area contributed by atoms with Crippen molar-refractivity contribution in [1.82, 2.24) is 30.4 Å². The zero-order chi connectivity index (χ0) is 20.2. The van der Waals surface area contributed by atoms with Crippen LogP contribution < -0.4 is 10.2 Å². The Kier molecular flexibility index (Phi) is 6.29. The SMILES string of the molecule is S=C(NCc1ccc(Cl)cc1Cl)N1CCOC(COn2nnc3cccnc32)C1. The molecule has 8 nitrogen and oxygen atoms in total. The predicted octanol–water partition coefficient (Wildman–Crippen LogP) is 2.34. The van der Waals surface area contributed by atoms with Crippen molar-refractivity contribution in [3.63, 3.8) is 0 Å². The molecule has 152 valence electrons. The van der Waals surface area contributed by atoms with Crippen molar-refractivity contribution >= 4 is 51.7 Å². The Hall–Kier alpha value is -2.20. The summed E-state index contributed by atoms with van der Waals surface area (Å²) in [6, 6.07) is 9.03. The molecule has 1 aromatic carbocycles. The molecule has 3 aromatic rings. The van der Waals surface area contributed by atoms with Crippen LogP contribution in [-0.4, -0.2) is 62.6 Å². The van der Waals surface area contributed by atoms with E-state index in [2.05, 4.69) is 20.6 Å². The van der Waals surface area contributed by atoms with Gasteiger partial charge >= 0.3 is 0 Å². The molecule has 1 unspecified atom stereocenters. The molecule has 0 saturated carbocycles. The summed E-state index contributed by atoms with van der Waals surface area (Å²) in [4.78, 5) is 13.3. The molecular weight excluding hydrogens is 435 g/mol. The topological polar surface area (TPSA) is 77.3 Å². The fourth-order valence-electron chi connectivity index (χ4n) is 2.94. The van der Waals surface area contributed by atoms with E-state index in [1.54, 1.807) is 24.4 Å². The van der Waals surface area contributed by atoms with Crippen molar-refractivity contribution < 1.29 is 9.57 Å². The fraction of sp³-hybridized carbons (Fsp3) is 0.333. The van der Waals surface area contributed by atoms with Crippen LogP contribution in [0.4, 0.5) is 0 Å². The van der Waals surface area contributed by atoms with E-state index in [0.717, 1.165) is 5.56 Å². The lowest BCUT2D eigenvalue weighted by atomic mass is 10.2. The lowest BCUT2D eigenvalue weighted by Crippen LogP contribution is -2.51. The van der Waals surface area contributed by atoms with Crippen LogP contribution in [-0.2, 0) is 11.3 Å². The molecule has 1 atom stereocenters. The van der Waals surface area contributed by atoms with E-state index in [9.17, 15) is 0 Å². The third-order valence-corrected chi connectivity index (χ3v) is 5.42. The zero-order valence-corrected chi connectivity index (χ0v) is 17.6. The molecule has 1 aliphatic rings. The number of thiocarbonyl (C=S) groups is 1. The molecule has 0 radical (unpaired) electrons. The van der Waals surface area contributed by atoms with Gasteiger partial charge in [-0.15, -0.1) is 5.10 Å². The Morgan fingerprint density at radius 1 is 1.34 bits per heavy atom. The van der Waals surface area contributed by atoms with E-state index in [-0.39, 0.29) is 6.10 Å². The smallest absolute Gasteiger partial charge is 0.219 e. The Balaban J connectivity index is 1.30. The number of ether oxygens (including phenoxy) is 1. The highest BCUT2D eigenvalue weighted by molar-refractivity contribution is 7.80. The summed E-state index contributed by atoms with van der Waals surface area (Å²) in [5.41, 5.74) is 2.17. The van der Waals surface area contributed by atoms with Crippen molar-refractivity contribution in [2.24, 2.45) is 0 Å². The third kappa shape index (κ3) is 4.87. The molecule has 3 heterocycles. The predicted molar refractivity (Wildman–Crippen MR) is 114 cm³/mol. The molecule has 1 saturated heterocycles. The number of rotatable bonds is 5. The largest absolute Gasteiger partial charge is 0.391 e. The summed E-state index contributed by atoms with van der Waals surface area (Å²) in [5.74, 6) is 0. The van der Waals surface area contributed by atoms with Crippen LogP contribution in [0.1, 0.15) is 5.56 Å². The summed E-state index contributed by atoms with van der Waals surface area (Å²) in [6.07, 6.45) is 1.51. The van der Waals surface area contributed by atoms with E-state index in [4.69, 9.17) is 45.0 Å². The molecule has 1 aliphatic heterocycles. The monoisotopic (exact) mass is 452 g/mol. The number of halogens is 2. The van der Waals surface area contributed by atoms with E-state index in [1.165, 1.54) is 4.85 Å². The van der Waals surface area contributed by atoms with Crippen molar-refractivity contribution in [2.75, 3.05) is 26.3 Å². The van der Waals surface area contributed by atoms with Crippen LogP contribution in [0.25, 0.3) is 11.2 Å². The fourth-order valence-corrected chi connectivity index (χ4v) is 3.65. The van der Waals surface area contributed by atoms with E-state index in [0.29, 0.717) is 59.2 Å². The molecule has 0 amide bonds. The maximum absolute atomic E-state index is 6.22. The van der Waals surface area contributed by atoms with Crippen LogP contribution >= 0.6 is 35.4 Å². The third-order valence-electron chi connectivity index (χ3n) is 4.43. The van der Waals surface area contributed by atoms with Gasteiger partial charge in [-0.2, -0.15) is 0 Å². The Labute approximate surface area is 182 Å². The van der Waals surface area contributed by atoms with Gasteiger partial charge in [-0.05, 0) is 47.3 Å². The lowest BCUT2D eigenvalue weighted by molar-refractivity contribution is -0.0614. The van der Waals surface area contributed by atoms with Gasteiger partial charge < -0.3 is 19.8 Å². The second-order valence-corrected chi connectivity index (χ2v) is 7.67. The van der Waals surface area contributed by atoms with Gasteiger partial charge in [0.2, 0.25) is 5.65 Å². The number of fused-ring (bicyclic) bond motifs is 1. The highest BCUT2D eigenvalue weighted by Crippen LogP contribution is 2.20. The summed E-state index contributed by atoms with van der Waals surface area (Å²) < 4.78 is 5.79. The maximum Gasteiger partial charge on any atom is 0.219 e. The second-order valence-electron chi connectivity index (χ2n) is 6.44. The van der Waals surface area contributed by atoms with Gasteiger partial charge in [0.05, 0.1) is 6.61 Å². The van der Waals surface area contributed by atoms with Gasteiger partial charge in [-0.25, -0.2) is 4.98 Å².